The van der Waals surface area contributed by atoms with Crippen LogP contribution in [-0.2, 0) is 24.4 Å². The molecule has 2 N–H and O–H groups in total. The highest BCUT2D eigenvalue weighted by atomic mass is 127. The average Bonchev–Trinajstić information content (AvgIpc) is 3.25. The largest absolute Gasteiger partial charge is 0.467 e. The van der Waals surface area contributed by atoms with Crippen LogP contribution >= 0.6 is 24.0 Å². The van der Waals surface area contributed by atoms with Gasteiger partial charge in [0.2, 0.25) is 0 Å². The van der Waals surface area contributed by atoms with Crippen molar-refractivity contribution < 1.29 is 9.15 Å². The molecule has 0 spiro atoms. The number of hydrogen-bond donors (Lipinski definition) is 2. The van der Waals surface area contributed by atoms with Crippen LogP contribution in [0.2, 0.25) is 0 Å². The molecule has 0 unspecified atom stereocenters. The number of guanidine groups is 1. The number of aromatic nitrogens is 2. The van der Waals surface area contributed by atoms with Crippen LogP contribution in [-0.4, -0.2) is 35.7 Å². The number of ether oxygens (including phenoxy) is 1. The van der Waals surface area contributed by atoms with Gasteiger partial charge in [-0.05, 0) is 24.5 Å². The van der Waals surface area contributed by atoms with Gasteiger partial charge in [0.05, 0.1) is 12.8 Å². The van der Waals surface area contributed by atoms with Gasteiger partial charge in [-0.15, -0.1) is 24.0 Å². The summed E-state index contributed by atoms with van der Waals surface area (Å²) in [5.74, 6) is 3.22. The first-order chi connectivity index (χ1) is 12.2. The molecule has 0 radical (unpaired) electrons. The molecule has 0 aromatic carbocycles. The lowest BCUT2D eigenvalue weighted by atomic mass is 10.2. The van der Waals surface area contributed by atoms with E-state index in [1.165, 1.54) is 0 Å². The van der Waals surface area contributed by atoms with Crippen LogP contribution in [0.15, 0.2) is 40.2 Å². The lowest BCUT2D eigenvalue weighted by Crippen LogP contribution is -2.38. The van der Waals surface area contributed by atoms with Crippen molar-refractivity contribution >= 4 is 29.9 Å². The van der Waals surface area contributed by atoms with Crippen molar-refractivity contribution in [2.24, 2.45) is 10.9 Å². The Morgan fingerprint density at radius 2 is 2.23 bits per heavy atom. The second-order valence-corrected chi connectivity index (χ2v) is 6.23. The Labute approximate surface area is 172 Å². The van der Waals surface area contributed by atoms with E-state index in [0.717, 1.165) is 37.1 Å². The van der Waals surface area contributed by atoms with Gasteiger partial charge in [-0.3, -0.25) is 4.99 Å². The summed E-state index contributed by atoms with van der Waals surface area (Å²) in [5.41, 5.74) is 0. The van der Waals surface area contributed by atoms with E-state index in [0.29, 0.717) is 25.7 Å². The molecular formula is C18H30IN5O2. The van der Waals surface area contributed by atoms with Crippen LogP contribution in [0, 0.1) is 5.92 Å². The van der Waals surface area contributed by atoms with Gasteiger partial charge in [-0.2, -0.15) is 0 Å². The van der Waals surface area contributed by atoms with Crippen molar-refractivity contribution in [1.82, 2.24) is 20.2 Å². The molecule has 2 aromatic rings. The van der Waals surface area contributed by atoms with E-state index in [1.54, 1.807) is 13.3 Å². The highest BCUT2D eigenvalue weighted by molar-refractivity contribution is 14.0. The fourth-order valence-corrected chi connectivity index (χ4v) is 2.40. The number of aliphatic imine (C=N–C) groups is 1. The predicted molar refractivity (Wildman–Crippen MR) is 114 cm³/mol. The highest BCUT2D eigenvalue weighted by Gasteiger charge is 2.05. The molecule has 26 heavy (non-hydrogen) atoms. The van der Waals surface area contributed by atoms with Crippen molar-refractivity contribution in [3.05, 3.63) is 42.4 Å². The first kappa shape index (κ1) is 22.5. The molecule has 0 fully saturated rings. The second kappa shape index (κ2) is 12.7. The molecule has 2 aromatic heterocycles. The summed E-state index contributed by atoms with van der Waals surface area (Å²) in [7, 11) is 1.77. The van der Waals surface area contributed by atoms with Crippen molar-refractivity contribution in [2.45, 2.75) is 40.0 Å². The van der Waals surface area contributed by atoms with Gasteiger partial charge in [-0.25, -0.2) is 4.98 Å². The van der Waals surface area contributed by atoms with Crippen molar-refractivity contribution in [2.75, 3.05) is 20.2 Å². The van der Waals surface area contributed by atoms with E-state index in [1.807, 2.05) is 24.5 Å². The Morgan fingerprint density at radius 1 is 1.38 bits per heavy atom. The summed E-state index contributed by atoms with van der Waals surface area (Å²) in [4.78, 5) is 8.65. The third kappa shape index (κ3) is 8.22. The first-order valence-corrected chi connectivity index (χ1v) is 8.73. The molecule has 0 saturated carbocycles. The molecular weight excluding hydrogens is 445 g/mol. The maximum atomic E-state index is 5.56. The first-order valence-electron chi connectivity index (χ1n) is 8.73. The zero-order chi connectivity index (χ0) is 17.9. The van der Waals surface area contributed by atoms with E-state index in [9.17, 15) is 0 Å². The average molecular weight is 475 g/mol. The molecule has 146 valence electrons. The minimum absolute atomic E-state index is 0. The molecule has 0 amide bonds. The van der Waals surface area contributed by atoms with Crippen molar-refractivity contribution in [3.8, 4) is 0 Å². The van der Waals surface area contributed by atoms with E-state index < -0.39 is 0 Å². The minimum Gasteiger partial charge on any atom is -0.467 e. The van der Waals surface area contributed by atoms with Gasteiger partial charge in [0.1, 0.15) is 18.2 Å². The molecule has 0 atom stereocenters. The minimum atomic E-state index is 0. The third-order valence-electron chi connectivity index (χ3n) is 3.58. The van der Waals surface area contributed by atoms with E-state index in [4.69, 9.17) is 9.15 Å². The fourth-order valence-electron chi connectivity index (χ4n) is 2.40. The Balaban J connectivity index is 0.00000338. The molecule has 0 aliphatic carbocycles. The lowest BCUT2D eigenvalue weighted by Gasteiger charge is -2.14. The smallest absolute Gasteiger partial charge is 0.191 e. The summed E-state index contributed by atoms with van der Waals surface area (Å²) in [6.07, 6.45) is 6.40. The third-order valence-corrected chi connectivity index (χ3v) is 3.58. The summed E-state index contributed by atoms with van der Waals surface area (Å²) < 4.78 is 13.0. The number of nitrogens with zero attached hydrogens (tertiary/aromatic N) is 3. The highest BCUT2D eigenvalue weighted by Crippen LogP contribution is 2.03. The summed E-state index contributed by atoms with van der Waals surface area (Å²) in [6, 6.07) is 3.77. The van der Waals surface area contributed by atoms with Crippen molar-refractivity contribution in [3.63, 3.8) is 0 Å². The zero-order valence-electron chi connectivity index (χ0n) is 15.8. The van der Waals surface area contributed by atoms with E-state index in [-0.39, 0.29) is 24.0 Å². The number of furan rings is 1. The molecule has 8 heteroatoms. The molecule has 0 saturated heterocycles. The Bertz CT molecular complexity index is 625. The number of rotatable bonds is 10. The van der Waals surface area contributed by atoms with Gasteiger partial charge < -0.3 is 24.4 Å². The second-order valence-electron chi connectivity index (χ2n) is 6.23. The van der Waals surface area contributed by atoms with Crippen LogP contribution in [0.5, 0.6) is 0 Å². The Kier molecular flexibility index (Phi) is 11.0. The van der Waals surface area contributed by atoms with Gasteiger partial charge in [0.15, 0.2) is 5.96 Å². The summed E-state index contributed by atoms with van der Waals surface area (Å²) >= 11 is 0. The number of nitrogens with one attached hydrogen (secondary N) is 2. The topological polar surface area (TPSA) is 76.6 Å². The molecule has 7 nitrogen and oxygen atoms in total. The molecule has 2 rings (SSSR count). The SMILES string of the molecule is CN=C(NCCCOCc1ccco1)NCc1nccn1CC(C)C.I. The van der Waals surface area contributed by atoms with Gasteiger partial charge in [-0.1, -0.05) is 13.8 Å². The summed E-state index contributed by atoms with van der Waals surface area (Å²) in [6.45, 7) is 7.99. The number of halogens is 1. The van der Waals surface area contributed by atoms with Crippen LogP contribution < -0.4 is 10.6 Å². The van der Waals surface area contributed by atoms with Gasteiger partial charge in [0, 0.05) is 39.1 Å². The maximum Gasteiger partial charge on any atom is 0.191 e. The molecule has 0 aliphatic rings. The normalized spacial score (nSPS) is 11.5. The van der Waals surface area contributed by atoms with Crippen LogP contribution in [0.3, 0.4) is 0 Å². The molecule has 0 aliphatic heterocycles. The van der Waals surface area contributed by atoms with Crippen LogP contribution in [0.4, 0.5) is 0 Å². The Hall–Kier alpha value is -1.55. The predicted octanol–water partition coefficient (Wildman–Crippen LogP) is 3.02. The zero-order valence-corrected chi connectivity index (χ0v) is 18.1. The molecule has 2 heterocycles. The number of imidazole rings is 1. The Morgan fingerprint density at radius 3 is 2.92 bits per heavy atom. The van der Waals surface area contributed by atoms with Gasteiger partial charge >= 0.3 is 0 Å². The van der Waals surface area contributed by atoms with Crippen LogP contribution in [0.25, 0.3) is 0 Å². The maximum absolute atomic E-state index is 5.56. The van der Waals surface area contributed by atoms with Crippen molar-refractivity contribution in [1.29, 1.82) is 0 Å². The lowest BCUT2D eigenvalue weighted by molar-refractivity contribution is 0.105. The standard InChI is InChI=1S/C18H29N5O2.HI/c1-15(2)13-23-9-8-20-17(23)12-22-18(19-3)21-7-5-10-24-14-16-6-4-11-25-16;/h4,6,8-9,11,15H,5,7,10,12-14H2,1-3H3,(H2,19,21,22);1H. The van der Waals surface area contributed by atoms with Gasteiger partial charge in [0.25, 0.3) is 0 Å². The summed E-state index contributed by atoms with van der Waals surface area (Å²) in [5, 5.41) is 6.58. The fraction of sp³-hybridized carbons (Fsp3) is 0.556. The monoisotopic (exact) mass is 475 g/mol. The van der Waals surface area contributed by atoms with Crippen LogP contribution in [0.1, 0.15) is 31.9 Å². The number of hydrogen-bond acceptors (Lipinski definition) is 4. The van der Waals surface area contributed by atoms with E-state index >= 15 is 0 Å². The molecule has 0 bridgehead atoms. The van der Waals surface area contributed by atoms with E-state index in [2.05, 4.69) is 39.0 Å². The quantitative estimate of drug-likeness (QED) is 0.239.